The van der Waals surface area contributed by atoms with Crippen LogP contribution in [0.3, 0.4) is 0 Å². The van der Waals surface area contributed by atoms with Gasteiger partial charge < -0.3 is 10.2 Å². The van der Waals surface area contributed by atoms with E-state index in [1.165, 1.54) is 0 Å². The Morgan fingerprint density at radius 3 is 2.72 bits per heavy atom. The van der Waals surface area contributed by atoms with Crippen LogP contribution in [-0.4, -0.2) is 35.3 Å². The molecule has 0 bridgehead atoms. The molecule has 0 spiro atoms. The molecule has 25 heavy (non-hydrogen) atoms. The molecule has 2 heterocycles. The molecule has 3 rings (SSSR count). The molecule has 1 aliphatic carbocycles. The van der Waals surface area contributed by atoms with E-state index in [2.05, 4.69) is 33.6 Å². The maximum Gasteiger partial charge on any atom is 0.421 e. The van der Waals surface area contributed by atoms with E-state index in [0.717, 1.165) is 37.5 Å². The molecule has 1 aromatic heterocycles. The van der Waals surface area contributed by atoms with Gasteiger partial charge in [-0.25, -0.2) is 4.98 Å². The first-order valence-electron chi connectivity index (χ1n) is 8.19. The molecule has 1 saturated carbocycles. The Balaban J connectivity index is 1.94. The number of rotatable bonds is 6. The van der Waals surface area contributed by atoms with Gasteiger partial charge in [-0.1, -0.05) is 12.7 Å². The van der Waals surface area contributed by atoms with E-state index < -0.39 is 11.7 Å². The SMILES string of the molecule is C=C/C(=C\N=C)C1CCCN1c1ncc(C(F)(F)F)c(NC2CC2)n1. The van der Waals surface area contributed by atoms with Crippen LogP contribution in [0.15, 0.2) is 35.6 Å². The quantitative estimate of drug-likeness (QED) is 0.625. The van der Waals surface area contributed by atoms with Crippen LogP contribution in [0.25, 0.3) is 0 Å². The van der Waals surface area contributed by atoms with Crippen molar-refractivity contribution in [2.75, 3.05) is 16.8 Å². The zero-order valence-corrected chi connectivity index (χ0v) is 13.8. The standard InChI is InChI=1S/C17H20F3N5/c1-3-11(9-21-2)14-5-4-8-25(14)16-22-10-13(17(18,19)20)15(24-16)23-12-6-7-12/h3,9-10,12,14H,1-2,4-8H2,(H,22,23,24)/b11-9+. The predicted octanol–water partition coefficient (Wildman–Crippen LogP) is 3.81. The molecule has 8 heteroatoms. The van der Waals surface area contributed by atoms with Crippen LogP contribution >= 0.6 is 0 Å². The van der Waals surface area contributed by atoms with Crippen LogP contribution in [0, 0.1) is 0 Å². The minimum atomic E-state index is -4.49. The predicted molar refractivity (Wildman–Crippen MR) is 91.9 cm³/mol. The molecule has 0 amide bonds. The van der Waals surface area contributed by atoms with Gasteiger partial charge >= 0.3 is 6.18 Å². The van der Waals surface area contributed by atoms with Crippen LogP contribution < -0.4 is 10.2 Å². The van der Waals surface area contributed by atoms with Gasteiger partial charge in [0.05, 0.1) is 6.04 Å². The number of halogens is 3. The molecular weight excluding hydrogens is 331 g/mol. The highest BCUT2D eigenvalue weighted by atomic mass is 19.4. The molecule has 2 fully saturated rings. The highest BCUT2D eigenvalue weighted by Crippen LogP contribution is 2.37. The minimum Gasteiger partial charge on any atom is -0.367 e. The minimum absolute atomic E-state index is 0.0616. The molecule has 2 aliphatic rings. The average molecular weight is 351 g/mol. The van der Waals surface area contributed by atoms with Crippen molar-refractivity contribution >= 4 is 18.5 Å². The zero-order chi connectivity index (χ0) is 18.0. The lowest BCUT2D eigenvalue weighted by atomic mass is 10.1. The van der Waals surface area contributed by atoms with E-state index in [4.69, 9.17) is 0 Å². The monoisotopic (exact) mass is 351 g/mol. The number of hydrogen-bond acceptors (Lipinski definition) is 5. The Hall–Kier alpha value is -2.38. The van der Waals surface area contributed by atoms with Gasteiger partial charge in [-0.2, -0.15) is 18.2 Å². The zero-order valence-electron chi connectivity index (χ0n) is 13.8. The largest absolute Gasteiger partial charge is 0.421 e. The Morgan fingerprint density at radius 2 is 2.12 bits per heavy atom. The first kappa shape index (κ1) is 17.4. The Bertz CT molecular complexity index is 694. The fraction of sp³-hybridized carbons (Fsp3) is 0.471. The Kier molecular flexibility index (Phi) is 4.78. The van der Waals surface area contributed by atoms with Crippen molar-refractivity contribution < 1.29 is 13.2 Å². The first-order chi connectivity index (χ1) is 11.9. The van der Waals surface area contributed by atoms with Gasteiger partial charge in [-0.15, -0.1) is 0 Å². The molecule has 5 nitrogen and oxygen atoms in total. The number of nitrogens with one attached hydrogen (secondary N) is 1. The Labute approximate surface area is 144 Å². The van der Waals surface area contributed by atoms with Gasteiger partial charge in [-0.05, 0) is 38.0 Å². The summed E-state index contributed by atoms with van der Waals surface area (Å²) in [6.45, 7) is 7.90. The van der Waals surface area contributed by atoms with Crippen molar-refractivity contribution in [1.29, 1.82) is 0 Å². The molecular formula is C17H20F3N5. The van der Waals surface area contributed by atoms with E-state index in [1.807, 2.05) is 4.90 Å². The molecule has 1 atom stereocenters. The summed E-state index contributed by atoms with van der Waals surface area (Å²) in [6, 6.07) is 0.000310. The number of aromatic nitrogens is 2. The number of alkyl halides is 3. The average Bonchev–Trinajstić information content (AvgIpc) is 3.24. The van der Waals surface area contributed by atoms with Gasteiger partial charge in [0, 0.05) is 25.0 Å². The first-order valence-corrected chi connectivity index (χ1v) is 8.19. The van der Waals surface area contributed by atoms with E-state index >= 15 is 0 Å². The number of hydrogen-bond donors (Lipinski definition) is 1. The summed E-state index contributed by atoms with van der Waals surface area (Å²) in [6.07, 6.45) is 3.12. The summed E-state index contributed by atoms with van der Waals surface area (Å²) in [5, 5.41) is 2.88. The summed E-state index contributed by atoms with van der Waals surface area (Å²) in [5.41, 5.74) is 0.0267. The van der Waals surface area contributed by atoms with E-state index in [9.17, 15) is 13.2 Å². The van der Waals surface area contributed by atoms with E-state index in [1.54, 1.807) is 12.3 Å². The summed E-state index contributed by atoms with van der Waals surface area (Å²) >= 11 is 0. The molecule has 1 saturated heterocycles. The van der Waals surface area contributed by atoms with Crippen molar-refractivity contribution in [3.63, 3.8) is 0 Å². The maximum atomic E-state index is 13.2. The number of nitrogens with zero attached hydrogens (tertiary/aromatic N) is 4. The van der Waals surface area contributed by atoms with Crippen LogP contribution in [-0.2, 0) is 6.18 Å². The van der Waals surface area contributed by atoms with Crippen molar-refractivity contribution in [2.24, 2.45) is 4.99 Å². The second-order valence-corrected chi connectivity index (χ2v) is 6.22. The Morgan fingerprint density at radius 1 is 1.36 bits per heavy atom. The molecule has 0 aromatic carbocycles. The van der Waals surface area contributed by atoms with Crippen LogP contribution in [0.1, 0.15) is 31.2 Å². The number of anilines is 2. The number of aliphatic imine (C=N–C) groups is 1. The normalized spacial score (nSPS) is 21.3. The molecule has 1 unspecified atom stereocenters. The summed E-state index contributed by atoms with van der Waals surface area (Å²) in [5.74, 6) is 0.145. The molecule has 1 N–H and O–H groups in total. The van der Waals surface area contributed by atoms with Gasteiger partial charge in [0.2, 0.25) is 5.95 Å². The van der Waals surface area contributed by atoms with Crippen LogP contribution in [0.5, 0.6) is 0 Å². The van der Waals surface area contributed by atoms with E-state index in [-0.39, 0.29) is 23.8 Å². The summed E-state index contributed by atoms with van der Waals surface area (Å²) in [4.78, 5) is 13.9. The molecule has 1 aliphatic heterocycles. The van der Waals surface area contributed by atoms with E-state index in [0.29, 0.717) is 6.54 Å². The van der Waals surface area contributed by atoms with Gasteiger partial charge in [0.25, 0.3) is 0 Å². The lowest BCUT2D eigenvalue weighted by molar-refractivity contribution is -0.137. The highest BCUT2D eigenvalue weighted by Gasteiger charge is 2.38. The summed E-state index contributed by atoms with van der Waals surface area (Å²) < 4.78 is 39.6. The van der Waals surface area contributed by atoms with Crippen LogP contribution in [0.2, 0.25) is 0 Å². The second kappa shape index (κ2) is 6.85. The lowest BCUT2D eigenvalue weighted by Gasteiger charge is -2.26. The third-order valence-corrected chi connectivity index (χ3v) is 4.37. The summed E-state index contributed by atoms with van der Waals surface area (Å²) in [7, 11) is 0. The van der Waals surface area contributed by atoms with Crippen molar-refractivity contribution in [3.05, 3.63) is 36.2 Å². The molecule has 134 valence electrons. The third-order valence-electron chi connectivity index (χ3n) is 4.37. The maximum absolute atomic E-state index is 13.2. The fourth-order valence-electron chi connectivity index (χ4n) is 2.98. The second-order valence-electron chi connectivity index (χ2n) is 6.22. The van der Waals surface area contributed by atoms with Crippen molar-refractivity contribution in [3.8, 4) is 0 Å². The topological polar surface area (TPSA) is 53.4 Å². The van der Waals surface area contributed by atoms with Gasteiger partial charge in [-0.3, -0.25) is 4.99 Å². The highest BCUT2D eigenvalue weighted by molar-refractivity contribution is 5.52. The lowest BCUT2D eigenvalue weighted by Crippen LogP contribution is -2.32. The fourth-order valence-corrected chi connectivity index (χ4v) is 2.98. The van der Waals surface area contributed by atoms with Crippen molar-refractivity contribution in [1.82, 2.24) is 9.97 Å². The van der Waals surface area contributed by atoms with Crippen molar-refractivity contribution in [2.45, 2.75) is 43.9 Å². The molecule has 1 aromatic rings. The van der Waals surface area contributed by atoms with Gasteiger partial charge in [0.1, 0.15) is 11.4 Å². The molecule has 0 radical (unpaired) electrons. The smallest absolute Gasteiger partial charge is 0.367 e. The van der Waals surface area contributed by atoms with Gasteiger partial charge in [0.15, 0.2) is 0 Å². The third kappa shape index (κ3) is 3.83. The van der Waals surface area contributed by atoms with Crippen LogP contribution in [0.4, 0.5) is 24.9 Å².